The smallest absolute Gasteiger partial charge is 0.243 e. The molecule has 0 aromatic rings. The van der Waals surface area contributed by atoms with E-state index in [1.807, 2.05) is 6.92 Å². The van der Waals surface area contributed by atoms with E-state index in [1.54, 1.807) is 19.0 Å². The highest BCUT2D eigenvalue weighted by molar-refractivity contribution is 14.0. The van der Waals surface area contributed by atoms with Crippen LogP contribution in [0.1, 0.15) is 34.6 Å². The van der Waals surface area contributed by atoms with Gasteiger partial charge in [0.05, 0.1) is 0 Å². The Hall–Kier alpha value is -0.830. The van der Waals surface area contributed by atoms with Gasteiger partial charge in [-0.15, -0.1) is 24.0 Å². The lowest BCUT2D eigenvalue weighted by Crippen LogP contribution is -2.45. The van der Waals surface area contributed by atoms with Gasteiger partial charge in [0.15, 0.2) is 5.96 Å². The van der Waals surface area contributed by atoms with E-state index in [0.29, 0.717) is 24.6 Å². The Balaban J connectivity index is 0. The quantitative estimate of drug-likeness (QED) is 0.243. The fraction of sp³-hybridized carbons (Fsp3) is 0.765. The van der Waals surface area contributed by atoms with Gasteiger partial charge in [0.25, 0.3) is 0 Å². The minimum Gasteiger partial charge on any atom is -0.355 e. The second-order valence-corrected chi connectivity index (χ2v) is 6.62. The minimum absolute atomic E-state index is 0. The zero-order valence-electron chi connectivity index (χ0n) is 16.3. The van der Waals surface area contributed by atoms with Crippen LogP contribution in [0.5, 0.6) is 0 Å². The lowest BCUT2D eigenvalue weighted by Gasteiger charge is -2.30. The summed E-state index contributed by atoms with van der Waals surface area (Å²) in [7, 11) is 3.46. The predicted octanol–water partition coefficient (Wildman–Crippen LogP) is 1.92. The third kappa shape index (κ3) is 11.7. The second-order valence-electron chi connectivity index (χ2n) is 6.62. The Morgan fingerprint density at radius 1 is 1.12 bits per heavy atom. The van der Waals surface area contributed by atoms with Gasteiger partial charge in [-0.3, -0.25) is 9.69 Å². The average molecular weight is 453 g/mol. The average Bonchev–Trinajstić information content (AvgIpc) is 2.43. The number of amides is 1. The first-order valence-corrected chi connectivity index (χ1v) is 8.27. The second kappa shape index (κ2) is 13.5. The van der Waals surface area contributed by atoms with Crippen molar-refractivity contribution in [2.45, 2.75) is 46.7 Å². The molecule has 6 nitrogen and oxygen atoms in total. The third-order valence-electron chi connectivity index (χ3n) is 3.42. The Kier molecular flexibility index (Phi) is 14.3. The number of hydrogen-bond donors (Lipinski definition) is 2. The van der Waals surface area contributed by atoms with E-state index in [1.165, 1.54) is 0 Å². The minimum atomic E-state index is -0.0209. The molecule has 0 spiro atoms. The summed E-state index contributed by atoms with van der Waals surface area (Å²) in [6, 6.07) is 0.992. The summed E-state index contributed by atoms with van der Waals surface area (Å²) in [5.41, 5.74) is 1.02. The van der Waals surface area contributed by atoms with Crippen LogP contribution in [0, 0.1) is 0 Å². The summed E-state index contributed by atoms with van der Waals surface area (Å²) in [4.78, 5) is 20.0. The molecule has 0 fully saturated rings. The van der Waals surface area contributed by atoms with Crippen LogP contribution >= 0.6 is 24.0 Å². The SMILES string of the molecule is C=C(C)CNC(=NCC(=O)N(C)C)NCCN(C(C)C)C(C)C.I. The topological polar surface area (TPSA) is 60.0 Å². The van der Waals surface area contributed by atoms with Gasteiger partial charge in [-0.2, -0.15) is 0 Å². The summed E-state index contributed by atoms with van der Waals surface area (Å²) in [5, 5.41) is 6.49. The number of aliphatic imine (C=N–C) groups is 1. The molecule has 1 amide bonds. The van der Waals surface area contributed by atoms with E-state index in [-0.39, 0.29) is 36.4 Å². The van der Waals surface area contributed by atoms with E-state index in [0.717, 1.165) is 18.7 Å². The lowest BCUT2D eigenvalue weighted by molar-refractivity contribution is -0.127. The molecule has 0 aliphatic rings. The maximum atomic E-state index is 11.7. The molecule has 7 heteroatoms. The van der Waals surface area contributed by atoms with Crippen LogP contribution in [0.3, 0.4) is 0 Å². The monoisotopic (exact) mass is 453 g/mol. The number of carbonyl (C=O) groups excluding carboxylic acids is 1. The van der Waals surface area contributed by atoms with E-state index in [2.05, 4.69) is 54.8 Å². The molecule has 0 bridgehead atoms. The van der Waals surface area contributed by atoms with Crippen molar-refractivity contribution in [1.82, 2.24) is 20.4 Å². The zero-order chi connectivity index (χ0) is 18.0. The number of likely N-dealkylation sites (N-methyl/N-ethyl adjacent to an activating group) is 1. The molecule has 0 radical (unpaired) electrons. The van der Waals surface area contributed by atoms with Crippen LogP contribution in [0.2, 0.25) is 0 Å². The van der Waals surface area contributed by atoms with Crippen LogP contribution in [0.4, 0.5) is 0 Å². The number of hydrogen-bond acceptors (Lipinski definition) is 3. The maximum Gasteiger partial charge on any atom is 0.243 e. The van der Waals surface area contributed by atoms with Gasteiger partial charge in [-0.1, -0.05) is 12.2 Å². The van der Waals surface area contributed by atoms with E-state index in [4.69, 9.17) is 0 Å². The summed E-state index contributed by atoms with van der Waals surface area (Å²) < 4.78 is 0. The molecular weight excluding hydrogens is 417 g/mol. The molecule has 0 atom stereocenters. The molecule has 2 N–H and O–H groups in total. The van der Waals surface area contributed by atoms with Gasteiger partial charge in [-0.25, -0.2) is 4.99 Å². The number of nitrogens with zero attached hydrogens (tertiary/aromatic N) is 3. The molecule has 0 aromatic carbocycles. The van der Waals surface area contributed by atoms with Crippen molar-refractivity contribution in [2.24, 2.45) is 4.99 Å². The third-order valence-corrected chi connectivity index (χ3v) is 3.42. The molecule has 142 valence electrons. The Bertz CT molecular complexity index is 400. The largest absolute Gasteiger partial charge is 0.355 e. The molecule has 0 heterocycles. The Morgan fingerprint density at radius 3 is 2.08 bits per heavy atom. The van der Waals surface area contributed by atoms with Crippen molar-refractivity contribution in [3.05, 3.63) is 12.2 Å². The molecule has 0 saturated heterocycles. The Labute approximate surface area is 165 Å². The van der Waals surface area contributed by atoms with Gasteiger partial charge in [0.2, 0.25) is 5.91 Å². The zero-order valence-corrected chi connectivity index (χ0v) is 18.7. The van der Waals surface area contributed by atoms with Crippen LogP contribution in [0.15, 0.2) is 17.1 Å². The molecule has 0 saturated carbocycles. The number of guanidine groups is 1. The molecule has 0 aliphatic carbocycles. The van der Waals surface area contributed by atoms with E-state index < -0.39 is 0 Å². The fourth-order valence-electron chi connectivity index (χ4n) is 2.11. The van der Waals surface area contributed by atoms with Crippen LogP contribution < -0.4 is 10.6 Å². The van der Waals surface area contributed by atoms with Crippen molar-refractivity contribution in [3.63, 3.8) is 0 Å². The normalized spacial score (nSPS) is 11.5. The van der Waals surface area contributed by atoms with Gasteiger partial charge in [0, 0.05) is 45.8 Å². The van der Waals surface area contributed by atoms with Gasteiger partial charge >= 0.3 is 0 Å². The summed E-state index contributed by atoms with van der Waals surface area (Å²) in [5.74, 6) is 0.628. The van der Waals surface area contributed by atoms with Crippen molar-refractivity contribution in [2.75, 3.05) is 40.3 Å². The first kappa shape index (κ1) is 25.4. The number of halogens is 1. The maximum absolute atomic E-state index is 11.7. The molecular formula is C17H36IN5O. The predicted molar refractivity (Wildman–Crippen MR) is 114 cm³/mol. The van der Waals surface area contributed by atoms with Crippen LogP contribution in [0.25, 0.3) is 0 Å². The van der Waals surface area contributed by atoms with Gasteiger partial charge in [0.1, 0.15) is 6.54 Å². The molecule has 0 rings (SSSR count). The van der Waals surface area contributed by atoms with Crippen molar-refractivity contribution in [3.8, 4) is 0 Å². The highest BCUT2D eigenvalue weighted by Gasteiger charge is 2.13. The van der Waals surface area contributed by atoms with Crippen molar-refractivity contribution < 1.29 is 4.79 Å². The van der Waals surface area contributed by atoms with E-state index in [9.17, 15) is 4.79 Å². The highest BCUT2D eigenvalue weighted by atomic mass is 127. The summed E-state index contributed by atoms with van der Waals surface area (Å²) in [6.45, 7) is 17.1. The summed E-state index contributed by atoms with van der Waals surface area (Å²) in [6.07, 6.45) is 0. The first-order valence-electron chi connectivity index (χ1n) is 8.27. The standard InChI is InChI=1S/C17H35N5O.HI/c1-13(2)11-19-17(20-12-16(23)21(7)8)18-9-10-22(14(3)4)15(5)6;/h14-15H,1,9-12H2,2-8H3,(H2,18,19,20);1H. The van der Waals surface area contributed by atoms with Crippen molar-refractivity contribution >= 4 is 35.8 Å². The molecule has 0 aromatic heterocycles. The lowest BCUT2D eigenvalue weighted by atomic mass is 10.2. The Morgan fingerprint density at radius 2 is 1.67 bits per heavy atom. The number of rotatable bonds is 9. The van der Waals surface area contributed by atoms with Crippen LogP contribution in [-0.4, -0.2) is 74.0 Å². The highest BCUT2D eigenvalue weighted by Crippen LogP contribution is 2.03. The van der Waals surface area contributed by atoms with Crippen molar-refractivity contribution in [1.29, 1.82) is 0 Å². The van der Waals surface area contributed by atoms with Gasteiger partial charge < -0.3 is 15.5 Å². The fourth-order valence-corrected chi connectivity index (χ4v) is 2.11. The van der Waals surface area contributed by atoms with Crippen LogP contribution in [-0.2, 0) is 4.79 Å². The molecule has 0 unspecified atom stereocenters. The molecule has 0 aliphatic heterocycles. The van der Waals surface area contributed by atoms with Gasteiger partial charge in [-0.05, 0) is 34.6 Å². The molecule has 24 heavy (non-hydrogen) atoms. The number of nitrogens with one attached hydrogen (secondary N) is 2. The first-order chi connectivity index (χ1) is 10.6. The summed E-state index contributed by atoms with van der Waals surface area (Å²) >= 11 is 0. The van der Waals surface area contributed by atoms with E-state index >= 15 is 0 Å². The number of carbonyl (C=O) groups is 1.